The van der Waals surface area contributed by atoms with Crippen molar-refractivity contribution in [2.45, 2.75) is 6.42 Å². The fraction of sp³-hybridized carbons (Fsp3) is 0.0417. The first-order valence-corrected chi connectivity index (χ1v) is 9.41. The second-order valence-corrected chi connectivity index (χ2v) is 7.42. The molecule has 0 atom stereocenters. The minimum absolute atomic E-state index is 0.975. The highest BCUT2D eigenvalue weighted by Crippen LogP contribution is 2.40. The smallest absolute Gasteiger partial charge is 0.146 e. The van der Waals surface area contributed by atoms with E-state index < -0.39 is 0 Å². The lowest BCUT2D eigenvalue weighted by molar-refractivity contribution is 1.25. The van der Waals surface area contributed by atoms with Crippen molar-refractivity contribution >= 4 is 38.4 Å². The quantitative estimate of drug-likeness (QED) is 0.352. The molecule has 28 heavy (non-hydrogen) atoms. The van der Waals surface area contributed by atoms with Crippen LogP contribution >= 0.6 is 0 Å². The molecule has 7 rings (SSSR count). The molecule has 6 aromatic rings. The lowest BCUT2D eigenvalue weighted by Gasteiger charge is -2.08. The summed E-state index contributed by atoms with van der Waals surface area (Å²) in [7, 11) is 0. The summed E-state index contributed by atoms with van der Waals surface area (Å²) in [6.45, 7) is 0. The van der Waals surface area contributed by atoms with Crippen LogP contribution in [0.4, 0.5) is 0 Å². The van der Waals surface area contributed by atoms with E-state index in [4.69, 9.17) is 4.98 Å². The molecule has 4 nitrogen and oxygen atoms in total. The summed E-state index contributed by atoms with van der Waals surface area (Å²) in [6, 6.07) is 17.4. The van der Waals surface area contributed by atoms with E-state index in [0.717, 1.165) is 44.8 Å². The molecule has 0 unspecified atom stereocenters. The Labute approximate surface area is 160 Å². The third-order valence-corrected chi connectivity index (χ3v) is 5.96. The number of hydrogen-bond acceptors (Lipinski definition) is 3. The molecular formula is C24H14N4. The van der Waals surface area contributed by atoms with E-state index in [1.165, 1.54) is 22.3 Å². The molecule has 0 spiro atoms. The molecule has 0 aliphatic heterocycles. The number of imidazole rings is 1. The van der Waals surface area contributed by atoms with Crippen LogP contribution in [0.1, 0.15) is 11.1 Å². The van der Waals surface area contributed by atoms with Gasteiger partial charge in [0, 0.05) is 40.9 Å². The average Bonchev–Trinajstić information content (AvgIpc) is 3.30. The molecule has 0 bridgehead atoms. The second kappa shape index (κ2) is 4.93. The SMILES string of the molecule is c1ccc2c(c1)Cc1cc3c(cc1-2)nc1c2ccncc2c2cnccc2n31. The first kappa shape index (κ1) is 14.3. The zero-order valence-electron chi connectivity index (χ0n) is 14.9. The summed E-state index contributed by atoms with van der Waals surface area (Å²) in [5.74, 6) is 0. The Morgan fingerprint density at radius 1 is 0.714 bits per heavy atom. The fourth-order valence-corrected chi connectivity index (χ4v) is 4.72. The molecule has 0 amide bonds. The minimum Gasteiger partial charge on any atom is -0.292 e. The topological polar surface area (TPSA) is 43.1 Å². The lowest BCUT2D eigenvalue weighted by atomic mass is 10.1. The maximum atomic E-state index is 5.06. The summed E-state index contributed by atoms with van der Waals surface area (Å²) >= 11 is 0. The Bertz CT molecular complexity index is 1590. The van der Waals surface area contributed by atoms with Crippen molar-refractivity contribution < 1.29 is 0 Å². The zero-order chi connectivity index (χ0) is 18.2. The van der Waals surface area contributed by atoms with Gasteiger partial charge >= 0.3 is 0 Å². The highest BCUT2D eigenvalue weighted by molar-refractivity contribution is 6.13. The number of nitrogens with zero attached hydrogens (tertiary/aromatic N) is 4. The van der Waals surface area contributed by atoms with Crippen LogP contribution in [0.3, 0.4) is 0 Å². The second-order valence-electron chi connectivity index (χ2n) is 7.42. The summed E-state index contributed by atoms with van der Waals surface area (Å²) in [5, 5.41) is 3.29. The summed E-state index contributed by atoms with van der Waals surface area (Å²) in [6.07, 6.45) is 8.49. The van der Waals surface area contributed by atoms with Gasteiger partial charge in [0.15, 0.2) is 0 Å². The van der Waals surface area contributed by atoms with Crippen LogP contribution in [0.5, 0.6) is 0 Å². The molecule has 0 saturated heterocycles. The van der Waals surface area contributed by atoms with Gasteiger partial charge in [-0.1, -0.05) is 24.3 Å². The summed E-state index contributed by atoms with van der Waals surface area (Å²) in [4.78, 5) is 13.8. The van der Waals surface area contributed by atoms with E-state index >= 15 is 0 Å². The van der Waals surface area contributed by atoms with Gasteiger partial charge in [0.2, 0.25) is 0 Å². The first-order valence-electron chi connectivity index (χ1n) is 9.41. The van der Waals surface area contributed by atoms with E-state index in [9.17, 15) is 0 Å². The van der Waals surface area contributed by atoms with Crippen LogP contribution in [0.25, 0.3) is 49.5 Å². The monoisotopic (exact) mass is 358 g/mol. The van der Waals surface area contributed by atoms with Gasteiger partial charge < -0.3 is 0 Å². The predicted octanol–water partition coefficient (Wildman–Crippen LogP) is 5.16. The Balaban J connectivity index is 1.70. The van der Waals surface area contributed by atoms with Gasteiger partial charge in [0.25, 0.3) is 0 Å². The highest BCUT2D eigenvalue weighted by Gasteiger charge is 2.21. The standard InChI is InChI=1S/C24H14N4/c1-2-4-16-14(3-1)9-15-10-23-21(11-18(15)16)27-24-17-5-7-25-12-19(17)20-13-26-8-6-22(20)28(23)24/h1-8,10-13H,9H2. The number of pyridine rings is 3. The molecule has 0 saturated carbocycles. The third kappa shape index (κ3) is 1.68. The zero-order valence-corrected chi connectivity index (χ0v) is 14.9. The van der Waals surface area contributed by atoms with Crippen LogP contribution < -0.4 is 0 Å². The largest absolute Gasteiger partial charge is 0.292 e. The summed E-state index contributed by atoms with van der Waals surface area (Å²) < 4.78 is 2.28. The van der Waals surface area contributed by atoms with E-state index in [0.29, 0.717) is 0 Å². The fourth-order valence-electron chi connectivity index (χ4n) is 4.72. The van der Waals surface area contributed by atoms with E-state index in [1.807, 2.05) is 30.9 Å². The van der Waals surface area contributed by atoms with Gasteiger partial charge in [-0.05, 0) is 52.9 Å². The number of hydrogen-bond donors (Lipinski definition) is 0. The summed E-state index contributed by atoms with van der Waals surface area (Å²) in [5.41, 5.74) is 9.67. The van der Waals surface area contributed by atoms with Crippen LogP contribution in [-0.2, 0) is 6.42 Å². The number of aromatic nitrogens is 4. The molecule has 0 fully saturated rings. The van der Waals surface area contributed by atoms with Gasteiger partial charge in [0.05, 0.1) is 16.6 Å². The normalized spacial score (nSPS) is 12.9. The molecule has 4 heterocycles. The van der Waals surface area contributed by atoms with Crippen molar-refractivity contribution in [2.75, 3.05) is 0 Å². The van der Waals surface area contributed by atoms with Crippen molar-refractivity contribution in [1.29, 1.82) is 0 Å². The molecule has 2 aromatic carbocycles. The van der Waals surface area contributed by atoms with Crippen LogP contribution in [0.15, 0.2) is 73.3 Å². The van der Waals surface area contributed by atoms with Gasteiger partial charge in [-0.15, -0.1) is 0 Å². The lowest BCUT2D eigenvalue weighted by Crippen LogP contribution is -1.93. The van der Waals surface area contributed by atoms with Gasteiger partial charge in [-0.3, -0.25) is 14.4 Å². The Morgan fingerprint density at radius 3 is 2.54 bits per heavy atom. The Hall–Kier alpha value is -3.79. The number of rotatable bonds is 0. The van der Waals surface area contributed by atoms with Gasteiger partial charge in [0.1, 0.15) is 5.65 Å². The van der Waals surface area contributed by atoms with Crippen molar-refractivity contribution in [3.63, 3.8) is 0 Å². The molecule has 1 aliphatic rings. The maximum Gasteiger partial charge on any atom is 0.146 e. The number of fused-ring (bicyclic) bond motifs is 11. The van der Waals surface area contributed by atoms with Crippen LogP contribution in [-0.4, -0.2) is 19.4 Å². The average molecular weight is 358 g/mol. The van der Waals surface area contributed by atoms with E-state index in [-0.39, 0.29) is 0 Å². The van der Waals surface area contributed by atoms with E-state index in [1.54, 1.807) is 0 Å². The highest BCUT2D eigenvalue weighted by atomic mass is 15.0. The minimum atomic E-state index is 0.975. The molecule has 4 aromatic heterocycles. The van der Waals surface area contributed by atoms with Crippen molar-refractivity contribution in [3.05, 3.63) is 84.4 Å². The van der Waals surface area contributed by atoms with Crippen molar-refractivity contribution in [1.82, 2.24) is 19.4 Å². The Kier molecular flexibility index (Phi) is 2.51. The molecule has 0 N–H and O–H groups in total. The molecule has 1 aliphatic carbocycles. The number of benzene rings is 2. The van der Waals surface area contributed by atoms with E-state index in [2.05, 4.69) is 56.8 Å². The molecular weight excluding hydrogens is 344 g/mol. The van der Waals surface area contributed by atoms with Gasteiger partial charge in [-0.2, -0.15) is 0 Å². The molecule has 4 heteroatoms. The third-order valence-electron chi connectivity index (χ3n) is 5.96. The van der Waals surface area contributed by atoms with Gasteiger partial charge in [-0.25, -0.2) is 4.98 Å². The van der Waals surface area contributed by atoms with Crippen LogP contribution in [0, 0.1) is 0 Å². The predicted molar refractivity (Wildman–Crippen MR) is 112 cm³/mol. The molecule has 130 valence electrons. The van der Waals surface area contributed by atoms with Crippen molar-refractivity contribution in [2.24, 2.45) is 0 Å². The van der Waals surface area contributed by atoms with Crippen LogP contribution in [0.2, 0.25) is 0 Å². The Morgan fingerprint density at radius 2 is 1.57 bits per heavy atom. The maximum absolute atomic E-state index is 5.06. The first-order chi connectivity index (χ1) is 13.9. The van der Waals surface area contributed by atoms with Crippen molar-refractivity contribution in [3.8, 4) is 11.1 Å². The molecule has 0 radical (unpaired) electrons.